The zero-order valence-corrected chi connectivity index (χ0v) is 13.3. The molecule has 110 valence electrons. The van der Waals surface area contributed by atoms with Gasteiger partial charge < -0.3 is 0 Å². The second-order valence-corrected chi connectivity index (χ2v) is 7.21. The van der Waals surface area contributed by atoms with Crippen LogP contribution in [0.15, 0.2) is 29.2 Å². The number of rotatable bonds is 4. The van der Waals surface area contributed by atoms with E-state index in [1.807, 2.05) is 13.0 Å². The molecule has 1 aromatic rings. The third-order valence-corrected chi connectivity index (χ3v) is 5.41. The molecule has 0 saturated carbocycles. The lowest BCUT2D eigenvalue weighted by Crippen LogP contribution is -2.42. The number of hydrogen-bond acceptors (Lipinski definition) is 4. The van der Waals surface area contributed by atoms with E-state index in [2.05, 4.69) is 14.1 Å². The van der Waals surface area contributed by atoms with E-state index < -0.39 is 15.9 Å². The Balaban J connectivity index is 2.16. The molecule has 2 atom stereocenters. The van der Waals surface area contributed by atoms with E-state index in [9.17, 15) is 13.2 Å². The van der Waals surface area contributed by atoms with Crippen molar-refractivity contribution in [2.75, 3.05) is 6.54 Å². The first-order valence-electron chi connectivity index (χ1n) is 6.61. The van der Waals surface area contributed by atoms with Crippen molar-refractivity contribution < 1.29 is 13.2 Å². The fourth-order valence-electron chi connectivity index (χ4n) is 2.26. The van der Waals surface area contributed by atoms with Crippen molar-refractivity contribution in [2.24, 2.45) is 0 Å². The Morgan fingerprint density at radius 1 is 1.50 bits per heavy atom. The summed E-state index contributed by atoms with van der Waals surface area (Å²) in [6, 6.07) is 6.27. The molecule has 0 aromatic heterocycles. The molecular formula is C13H19N2O3PS. The van der Waals surface area contributed by atoms with Gasteiger partial charge in [-0.2, -0.15) is 0 Å². The predicted octanol–water partition coefficient (Wildman–Crippen LogP) is 1.31. The van der Waals surface area contributed by atoms with Crippen LogP contribution in [0.25, 0.3) is 0 Å². The summed E-state index contributed by atoms with van der Waals surface area (Å²) in [5.74, 6) is -0.459. The average Bonchev–Trinajstić information content (AvgIpc) is 2.84. The van der Waals surface area contributed by atoms with Gasteiger partial charge in [0.2, 0.25) is 0 Å². The number of carbonyl (C=O) groups excluding carboxylic acids is 1. The van der Waals surface area contributed by atoms with E-state index in [1.165, 1.54) is 6.07 Å². The van der Waals surface area contributed by atoms with Crippen LogP contribution in [-0.2, 0) is 21.2 Å². The summed E-state index contributed by atoms with van der Waals surface area (Å²) in [7, 11) is -1.32. The maximum atomic E-state index is 12.2. The van der Waals surface area contributed by atoms with Crippen molar-refractivity contribution in [1.29, 1.82) is 0 Å². The van der Waals surface area contributed by atoms with Gasteiger partial charge in [0.15, 0.2) is 0 Å². The summed E-state index contributed by atoms with van der Waals surface area (Å²) in [4.78, 5) is 12.2. The van der Waals surface area contributed by atoms with Gasteiger partial charge >= 0.3 is 0 Å². The fraction of sp³-hybridized carbons (Fsp3) is 0.462. The smallest absolute Gasteiger partial charge is 0.264 e. The normalized spacial score (nSPS) is 20.0. The van der Waals surface area contributed by atoms with E-state index in [1.54, 1.807) is 16.8 Å². The van der Waals surface area contributed by atoms with Crippen LogP contribution in [-0.4, -0.2) is 31.6 Å². The number of carbonyl (C=O) groups is 1. The van der Waals surface area contributed by atoms with Crippen LogP contribution >= 0.6 is 9.39 Å². The maximum absolute atomic E-state index is 12.2. The van der Waals surface area contributed by atoms with Gasteiger partial charge in [0, 0.05) is 6.54 Å². The second kappa shape index (κ2) is 6.20. The predicted molar refractivity (Wildman–Crippen MR) is 80.6 cm³/mol. The summed E-state index contributed by atoms with van der Waals surface area (Å²) in [6.07, 6.45) is 2.33. The molecule has 5 nitrogen and oxygen atoms in total. The highest BCUT2D eigenvalue weighted by Crippen LogP contribution is 2.21. The Morgan fingerprint density at radius 3 is 2.85 bits per heavy atom. The van der Waals surface area contributed by atoms with Crippen molar-refractivity contribution in [1.82, 2.24) is 9.39 Å². The van der Waals surface area contributed by atoms with E-state index in [4.69, 9.17) is 0 Å². The molecule has 1 unspecified atom stereocenters. The van der Waals surface area contributed by atoms with Gasteiger partial charge in [-0.05, 0) is 37.0 Å². The molecule has 0 spiro atoms. The number of benzene rings is 1. The van der Waals surface area contributed by atoms with Gasteiger partial charge in [0.1, 0.15) is 0 Å². The molecule has 1 aliphatic rings. The van der Waals surface area contributed by atoms with E-state index in [0.29, 0.717) is 6.42 Å². The summed E-state index contributed by atoms with van der Waals surface area (Å²) < 4.78 is 28.4. The topological polar surface area (TPSA) is 66.5 Å². The van der Waals surface area contributed by atoms with Gasteiger partial charge in [0.05, 0.1) is 10.9 Å². The highest BCUT2D eigenvalue weighted by molar-refractivity contribution is 7.90. The van der Waals surface area contributed by atoms with Crippen LogP contribution in [0.1, 0.15) is 25.3 Å². The minimum absolute atomic E-state index is 0.138. The highest BCUT2D eigenvalue weighted by Gasteiger charge is 2.31. The van der Waals surface area contributed by atoms with Crippen LogP contribution in [0.5, 0.6) is 0 Å². The minimum atomic E-state index is -3.79. The first-order chi connectivity index (χ1) is 9.44. The molecule has 0 radical (unpaired) electrons. The van der Waals surface area contributed by atoms with Gasteiger partial charge in [-0.1, -0.05) is 28.4 Å². The summed E-state index contributed by atoms with van der Waals surface area (Å²) in [6.45, 7) is 2.74. The summed E-state index contributed by atoms with van der Waals surface area (Å²) in [5, 5.41) is 0. The van der Waals surface area contributed by atoms with E-state index >= 15 is 0 Å². The van der Waals surface area contributed by atoms with Gasteiger partial charge in [-0.25, -0.2) is 13.1 Å². The number of amides is 1. The molecule has 1 aromatic carbocycles. The summed E-state index contributed by atoms with van der Waals surface area (Å²) >= 11 is 0. The molecule has 1 heterocycles. The van der Waals surface area contributed by atoms with Gasteiger partial charge in [-0.15, -0.1) is 0 Å². The molecule has 1 saturated heterocycles. The van der Waals surface area contributed by atoms with Crippen LogP contribution < -0.4 is 4.72 Å². The third-order valence-electron chi connectivity index (χ3n) is 3.45. The maximum Gasteiger partial charge on any atom is 0.264 e. The van der Waals surface area contributed by atoms with Crippen LogP contribution in [0.2, 0.25) is 0 Å². The minimum Gasteiger partial charge on any atom is -0.275 e. The summed E-state index contributed by atoms with van der Waals surface area (Å²) in [5.41, 5.74) is 0.925. The van der Waals surface area contributed by atoms with Crippen LogP contribution in [0.4, 0.5) is 0 Å². The zero-order valence-electron chi connectivity index (χ0n) is 11.4. The molecule has 20 heavy (non-hydrogen) atoms. The lowest BCUT2D eigenvalue weighted by atomic mass is 10.2. The molecule has 0 aliphatic carbocycles. The largest absolute Gasteiger partial charge is 0.275 e. The number of sulfonamides is 1. The monoisotopic (exact) mass is 314 g/mol. The number of aryl methyl sites for hydroxylation is 1. The number of hydrogen-bond donors (Lipinski definition) is 1. The first kappa shape index (κ1) is 15.4. The molecule has 1 fully saturated rings. The second-order valence-electron chi connectivity index (χ2n) is 4.87. The Hall–Kier alpha value is -0.970. The highest BCUT2D eigenvalue weighted by atomic mass is 32.2. The number of nitrogens with one attached hydrogen (secondary N) is 1. The molecule has 7 heteroatoms. The van der Waals surface area contributed by atoms with Crippen molar-refractivity contribution in [3.05, 3.63) is 29.8 Å². The van der Waals surface area contributed by atoms with Crippen molar-refractivity contribution in [3.63, 3.8) is 0 Å². The van der Waals surface area contributed by atoms with Crippen LogP contribution in [0, 0.1) is 0 Å². The zero-order chi connectivity index (χ0) is 14.8. The van der Waals surface area contributed by atoms with Crippen molar-refractivity contribution in [3.8, 4) is 0 Å². The Kier molecular flexibility index (Phi) is 4.78. The third kappa shape index (κ3) is 3.37. The quantitative estimate of drug-likeness (QED) is 0.851. The fourth-order valence-corrected chi connectivity index (χ4v) is 3.81. The average molecular weight is 314 g/mol. The van der Waals surface area contributed by atoms with Gasteiger partial charge in [-0.3, -0.25) is 9.46 Å². The molecule has 0 bridgehead atoms. The van der Waals surface area contributed by atoms with E-state index in [-0.39, 0.29) is 10.9 Å². The standard InChI is InChI=1S/C13H19N2O3PS/c1-2-10-5-3-6-11(9-10)20(17,18)14-13(16)12-7-4-8-15(12)19/h3,5-6,9,12H,2,4,7-8,19H2,1H3,(H,14,16)/t12-/m0/s1. The Morgan fingerprint density at radius 2 is 2.25 bits per heavy atom. The van der Waals surface area contributed by atoms with Crippen LogP contribution in [0.3, 0.4) is 0 Å². The SMILES string of the molecule is CCc1cccc(S(=O)(=O)NC(=O)[C@@H]2CCCN2P)c1. The number of nitrogens with zero attached hydrogens (tertiary/aromatic N) is 1. The van der Waals surface area contributed by atoms with Crippen molar-refractivity contribution in [2.45, 2.75) is 37.1 Å². The lowest BCUT2D eigenvalue weighted by Gasteiger charge is -2.18. The Bertz CT molecular complexity index is 603. The molecule has 1 N–H and O–H groups in total. The molecule has 1 amide bonds. The first-order valence-corrected chi connectivity index (χ1v) is 8.61. The Labute approximate surface area is 122 Å². The molecule has 1 aliphatic heterocycles. The molecule has 2 rings (SSSR count). The molecular weight excluding hydrogens is 295 g/mol. The van der Waals surface area contributed by atoms with E-state index in [0.717, 1.165) is 24.9 Å². The van der Waals surface area contributed by atoms with Crippen molar-refractivity contribution >= 4 is 25.3 Å². The lowest BCUT2D eigenvalue weighted by molar-refractivity contribution is -0.122. The van der Waals surface area contributed by atoms with Gasteiger partial charge in [0.25, 0.3) is 15.9 Å².